The molecule has 146 valence electrons. The molecule has 7 nitrogen and oxygen atoms in total. The van der Waals surface area contributed by atoms with Crippen molar-refractivity contribution in [3.05, 3.63) is 41.8 Å². The lowest BCUT2D eigenvalue weighted by Gasteiger charge is -2.37. The van der Waals surface area contributed by atoms with Gasteiger partial charge in [-0.05, 0) is 45.0 Å². The number of aromatic nitrogens is 1. The van der Waals surface area contributed by atoms with Crippen LogP contribution in [0.15, 0.2) is 34.9 Å². The second-order valence-corrected chi connectivity index (χ2v) is 6.86. The van der Waals surface area contributed by atoms with Gasteiger partial charge in [0.2, 0.25) is 5.91 Å². The minimum absolute atomic E-state index is 0.0136. The van der Waals surface area contributed by atoms with E-state index >= 15 is 0 Å². The number of ether oxygens (including phenoxy) is 1. The zero-order chi connectivity index (χ0) is 19.2. The Morgan fingerprint density at radius 1 is 1.26 bits per heavy atom. The lowest BCUT2D eigenvalue weighted by molar-refractivity contribution is -0.121. The SMILES string of the molecule is CCOc1ccc(NC(=O)C(C)N2CCN(Cc3cc(C)on3)CC2)cc1. The topological polar surface area (TPSA) is 70.8 Å². The first kappa shape index (κ1) is 19.4. The molecule has 1 N–H and O–H groups in total. The quantitative estimate of drug-likeness (QED) is 0.805. The highest BCUT2D eigenvalue weighted by molar-refractivity contribution is 5.94. The Kier molecular flexibility index (Phi) is 6.47. The number of piperazine rings is 1. The molecule has 7 heteroatoms. The van der Waals surface area contributed by atoms with Gasteiger partial charge in [0.15, 0.2) is 0 Å². The van der Waals surface area contributed by atoms with Crippen molar-refractivity contribution in [1.29, 1.82) is 0 Å². The Morgan fingerprint density at radius 3 is 2.56 bits per heavy atom. The van der Waals surface area contributed by atoms with Gasteiger partial charge in [0, 0.05) is 44.5 Å². The fourth-order valence-electron chi connectivity index (χ4n) is 3.24. The van der Waals surface area contributed by atoms with Crippen LogP contribution in [-0.2, 0) is 11.3 Å². The summed E-state index contributed by atoms with van der Waals surface area (Å²) in [6, 6.07) is 9.27. The van der Waals surface area contributed by atoms with E-state index < -0.39 is 0 Å². The number of hydrogen-bond acceptors (Lipinski definition) is 6. The van der Waals surface area contributed by atoms with E-state index in [-0.39, 0.29) is 11.9 Å². The Balaban J connectivity index is 1.46. The average Bonchev–Trinajstić information content (AvgIpc) is 3.08. The van der Waals surface area contributed by atoms with Crippen LogP contribution < -0.4 is 10.1 Å². The number of hydrogen-bond donors (Lipinski definition) is 1. The Labute approximate surface area is 160 Å². The second kappa shape index (κ2) is 9.01. The molecule has 0 radical (unpaired) electrons. The predicted molar refractivity (Wildman–Crippen MR) is 104 cm³/mol. The van der Waals surface area contributed by atoms with Crippen molar-refractivity contribution in [2.75, 3.05) is 38.1 Å². The van der Waals surface area contributed by atoms with Gasteiger partial charge in [-0.25, -0.2) is 0 Å². The highest BCUT2D eigenvalue weighted by Crippen LogP contribution is 2.17. The largest absolute Gasteiger partial charge is 0.494 e. The van der Waals surface area contributed by atoms with E-state index in [1.165, 1.54) is 0 Å². The summed E-state index contributed by atoms with van der Waals surface area (Å²) in [5, 5.41) is 7.04. The number of aryl methyl sites for hydroxylation is 1. The number of amides is 1. The third kappa shape index (κ3) is 5.30. The number of nitrogens with one attached hydrogen (secondary N) is 1. The fraction of sp³-hybridized carbons (Fsp3) is 0.500. The third-order valence-electron chi connectivity index (χ3n) is 4.83. The van der Waals surface area contributed by atoms with Crippen LogP contribution >= 0.6 is 0 Å². The molecule has 1 aliphatic heterocycles. The summed E-state index contributed by atoms with van der Waals surface area (Å²) in [6.45, 7) is 10.8. The lowest BCUT2D eigenvalue weighted by atomic mass is 10.2. The van der Waals surface area contributed by atoms with Crippen molar-refractivity contribution in [3.63, 3.8) is 0 Å². The van der Waals surface area contributed by atoms with E-state index in [0.29, 0.717) is 6.61 Å². The number of carbonyl (C=O) groups is 1. The summed E-state index contributed by atoms with van der Waals surface area (Å²) in [5.41, 5.74) is 1.75. The van der Waals surface area contributed by atoms with Crippen molar-refractivity contribution < 1.29 is 14.1 Å². The average molecular weight is 372 g/mol. The van der Waals surface area contributed by atoms with Crippen LogP contribution in [0.2, 0.25) is 0 Å². The normalized spacial score (nSPS) is 16.9. The molecule has 1 unspecified atom stereocenters. The second-order valence-electron chi connectivity index (χ2n) is 6.86. The molecular formula is C20H28N4O3. The van der Waals surface area contributed by atoms with Crippen molar-refractivity contribution in [2.24, 2.45) is 0 Å². The highest BCUT2D eigenvalue weighted by Gasteiger charge is 2.26. The molecule has 1 aliphatic rings. The highest BCUT2D eigenvalue weighted by atomic mass is 16.5. The third-order valence-corrected chi connectivity index (χ3v) is 4.83. The summed E-state index contributed by atoms with van der Waals surface area (Å²) >= 11 is 0. The molecule has 1 aromatic heterocycles. The van der Waals surface area contributed by atoms with Crippen molar-refractivity contribution in [2.45, 2.75) is 33.4 Å². The first-order chi connectivity index (χ1) is 13.0. The summed E-state index contributed by atoms with van der Waals surface area (Å²) in [5.74, 6) is 1.66. The monoisotopic (exact) mass is 372 g/mol. The van der Waals surface area contributed by atoms with E-state index in [0.717, 1.165) is 55.6 Å². The van der Waals surface area contributed by atoms with Crippen molar-refractivity contribution >= 4 is 11.6 Å². The van der Waals surface area contributed by atoms with Crippen LogP contribution in [0.25, 0.3) is 0 Å². The van der Waals surface area contributed by atoms with Gasteiger partial charge in [0.25, 0.3) is 0 Å². The number of carbonyl (C=O) groups excluding carboxylic acids is 1. The van der Waals surface area contributed by atoms with Crippen LogP contribution in [0.1, 0.15) is 25.3 Å². The summed E-state index contributed by atoms with van der Waals surface area (Å²) in [4.78, 5) is 17.1. The van der Waals surface area contributed by atoms with Gasteiger partial charge in [-0.15, -0.1) is 0 Å². The molecule has 0 aliphatic carbocycles. The molecule has 1 amide bonds. The first-order valence-corrected chi connectivity index (χ1v) is 9.47. The van der Waals surface area contributed by atoms with Gasteiger partial charge in [-0.3, -0.25) is 14.6 Å². The predicted octanol–water partition coefficient (Wildman–Crippen LogP) is 2.53. The van der Waals surface area contributed by atoms with Gasteiger partial charge in [0.05, 0.1) is 18.3 Å². The van der Waals surface area contributed by atoms with Crippen molar-refractivity contribution in [1.82, 2.24) is 15.0 Å². The number of anilines is 1. The van der Waals surface area contributed by atoms with Crippen LogP contribution in [0, 0.1) is 6.92 Å². The van der Waals surface area contributed by atoms with Crippen LogP contribution in [0.3, 0.4) is 0 Å². The van der Waals surface area contributed by atoms with E-state index in [2.05, 4.69) is 20.3 Å². The maximum atomic E-state index is 12.6. The number of rotatable bonds is 7. The van der Waals surface area contributed by atoms with Gasteiger partial charge < -0.3 is 14.6 Å². The summed E-state index contributed by atoms with van der Waals surface area (Å²) < 4.78 is 10.6. The molecule has 3 rings (SSSR count). The van der Waals surface area contributed by atoms with Gasteiger partial charge in [-0.2, -0.15) is 0 Å². The molecule has 27 heavy (non-hydrogen) atoms. The zero-order valence-electron chi connectivity index (χ0n) is 16.3. The number of nitrogens with zero attached hydrogens (tertiary/aromatic N) is 3. The zero-order valence-corrected chi connectivity index (χ0v) is 16.3. The Hall–Kier alpha value is -2.38. The molecule has 0 saturated carbocycles. The molecule has 0 bridgehead atoms. The van der Waals surface area contributed by atoms with E-state index in [1.54, 1.807) is 0 Å². The van der Waals surface area contributed by atoms with Crippen LogP contribution in [0.4, 0.5) is 5.69 Å². The van der Waals surface area contributed by atoms with E-state index in [4.69, 9.17) is 9.26 Å². The number of benzene rings is 1. The van der Waals surface area contributed by atoms with Crippen LogP contribution in [0.5, 0.6) is 5.75 Å². The molecule has 1 fully saturated rings. The molecule has 1 atom stereocenters. The molecule has 1 saturated heterocycles. The summed E-state index contributed by atoms with van der Waals surface area (Å²) in [6.07, 6.45) is 0. The standard InChI is InChI=1S/C20H28N4O3/c1-4-26-19-7-5-17(6-8-19)21-20(25)16(3)24-11-9-23(10-12-24)14-18-13-15(2)27-22-18/h5-8,13,16H,4,9-12,14H2,1-3H3,(H,21,25). The molecular weight excluding hydrogens is 344 g/mol. The first-order valence-electron chi connectivity index (χ1n) is 9.47. The molecule has 1 aromatic carbocycles. The maximum Gasteiger partial charge on any atom is 0.241 e. The summed E-state index contributed by atoms with van der Waals surface area (Å²) in [7, 11) is 0. The molecule has 2 aromatic rings. The molecule has 0 spiro atoms. The van der Waals surface area contributed by atoms with E-state index in [1.807, 2.05) is 51.1 Å². The van der Waals surface area contributed by atoms with Crippen LogP contribution in [-0.4, -0.2) is 59.7 Å². The fourth-order valence-corrected chi connectivity index (χ4v) is 3.24. The van der Waals surface area contributed by atoms with Gasteiger partial charge in [0.1, 0.15) is 11.5 Å². The maximum absolute atomic E-state index is 12.6. The van der Waals surface area contributed by atoms with Crippen molar-refractivity contribution in [3.8, 4) is 5.75 Å². The smallest absolute Gasteiger partial charge is 0.241 e. The van der Waals surface area contributed by atoms with E-state index in [9.17, 15) is 4.79 Å². The molecule has 2 heterocycles. The Morgan fingerprint density at radius 2 is 1.96 bits per heavy atom. The minimum atomic E-state index is -0.173. The minimum Gasteiger partial charge on any atom is -0.494 e. The lowest BCUT2D eigenvalue weighted by Crippen LogP contribution is -2.52. The Bertz CT molecular complexity index is 736. The van der Waals surface area contributed by atoms with Gasteiger partial charge >= 0.3 is 0 Å². The van der Waals surface area contributed by atoms with Gasteiger partial charge in [-0.1, -0.05) is 5.16 Å².